The number of carbonyl (C=O) groups excluding carboxylic acids is 1. The number of amides is 1. The normalized spacial score (nSPS) is 18.4. The molecule has 6 heteroatoms. The number of carbonyl (C=O) groups is 1. The predicted molar refractivity (Wildman–Crippen MR) is 108 cm³/mol. The summed E-state index contributed by atoms with van der Waals surface area (Å²) in [4.78, 5) is 17.0. The first kappa shape index (κ1) is 19.2. The molecule has 3 rings (SSSR count). The molecule has 0 aromatic heterocycles. The van der Waals surface area contributed by atoms with Gasteiger partial charge in [0.1, 0.15) is 0 Å². The van der Waals surface area contributed by atoms with Gasteiger partial charge in [-0.15, -0.1) is 0 Å². The van der Waals surface area contributed by atoms with Gasteiger partial charge in [0.15, 0.2) is 0 Å². The van der Waals surface area contributed by atoms with Gasteiger partial charge >= 0.3 is 0 Å². The van der Waals surface area contributed by atoms with Crippen LogP contribution >= 0.6 is 11.6 Å². The van der Waals surface area contributed by atoms with Crippen molar-refractivity contribution in [3.8, 4) is 0 Å². The Morgan fingerprint density at radius 1 is 1.35 bits per heavy atom. The Morgan fingerprint density at radius 2 is 2.15 bits per heavy atom. The van der Waals surface area contributed by atoms with Crippen LogP contribution in [0.1, 0.15) is 36.0 Å². The van der Waals surface area contributed by atoms with Crippen molar-refractivity contribution < 1.29 is 4.79 Å². The third-order valence-electron chi connectivity index (χ3n) is 5.27. The minimum absolute atomic E-state index is 0.116. The Labute approximate surface area is 161 Å². The number of piperidine rings is 1. The van der Waals surface area contributed by atoms with Crippen molar-refractivity contribution in [3.05, 3.63) is 41.1 Å². The molecule has 0 radical (unpaired) electrons. The lowest BCUT2D eigenvalue weighted by Crippen LogP contribution is -2.39. The molecule has 0 bridgehead atoms. The van der Waals surface area contributed by atoms with E-state index >= 15 is 0 Å². The highest BCUT2D eigenvalue weighted by Crippen LogP contribution is 2.29. The topological polar surface area (TPSA) is 47.6 Å². The number of likely N-dealkylation sites (tertiary alicyclic amines) is 1. The van der Waals surface area contributed by atoms with E-state index in [0.717, 1.165) is 56.2 Å². The molecule has 1 aromatic carbocycles. The second-order valence-corrected chi connectivity index (χ2v) is 7.52. The monoisotopic (exact) mass is 376 g/mol. The molecule has 26 heavy (non-hydrogen) atoms. The van der Waals surface area contributed by atoms with Gasteiger partial charge in [-0.1, -0.05) is 17.7 Å². The summed E-state index contributed by atoms with van der Waals surface area (Å²) in [7, 11) is 2.00. The van der Waals surface area contributed by atoms with Crippen LogP contribution in [0.15, 0.2) is 30.5 Å². The lowest BCUT2D eigenvalue weighted by atomic mass is 9.92. The van der Waals surface area contributed by atoms with E-state index in [0.29, 0.717) is 11.7 Å². The molecular formula is C20H29ClN4O. The minimum Gasteiger partial charge on any atom is -0.339 e. The van der Waals surface area contributed by atoms with Gasteiger partial charge in [0.25, 0.3) is 5.91 Å². The Kier molecular flexibility index (Phi) is 6.94. The average molecular weight is 377 g/mol. The molecule has 1 amide bonds. The van der Waals surface area contributed by atoms with Crippen molar-refractivity contribution in [1.82, 2.24) is 15.5 Å². The molecular weight excluding hydrogens is 348 g/mol. The number of anilines is 1. The first-order valence-corrected chi connectivity index (χ1v) is 9.94. The maximum absolute atomic E-state index is 12.9. The van der Waals surface area contributed by atoms with Gasteiger partial charge in [-0.3, -0.25) is 10.1 Å². The van der Waals surface area contributed by atoms with Crippen LogP contribution in [-0.2, 0) is 0 Å². The van der Waals surface area contributed by atoms with E-state index in [1.807, 2.05) is 47.3 Å². The van der Waals surface area contributed by atoms with Crippen LogP contribution in [0, 0.1) is 5.92 Å². The second kappa shape index (κ2) is 9.40. The van der Waals surface area contributed by atoms with Gasteiger partial charge in [0.05, 0.1) is 17.4 Å². The molecule has 0 unspecified atom stereocenters. The maximum atomic E-state index is 12.9. The number of rotatable bonds is 6. The van der Waals surface area contributed by atoms with Crippen LogP contribution in [0.2, 0.25) is 5.02 Å². The fourth-order valence-electron chi connectivity index (χ4n) is 3.71. The van der Waals surface area contributed by atoms with Crippen LogP contribution < -0.4 is 15.5 Å². The summed E-state index contributed by atoms with van der Waals surface area (Å²) in [6, 6.07) is 5.59. The van der Waals surface area contributed by atoms with Crippen molar-refractivity contribution in [2.45, 2.75) is 25.7 Å². The molecule has 0 atom stereocenters. The summed E-state index contributed by atoms with van der Waals surface area (Å²) < 4.78 is 0. The van der Waals surface area contributed by atoms with Gasteiger partial charge in [-0.2, -0.15) is 0 Å². The SMILES string of the molecule is CNCCCC1CCN(C(=O)c2ccc(Cl)c(N3C=CCNC3)c2)CC1. The number of nitrogens with zero attached hydrogens (tertiary/aromatic N) is 2. The fourth-order valence-corrected chi connectivity index (χ4v) is 3.93. The van der Waals surface area contributed by atoms with Gasteiger partial charge in [-0.05, 0) is 63.4 Å². The maximum Gasteiger partial charge on any atom is 0.253 e. The number of hydrogen-bond acceptors (Lipinski definition) is 4. The van der Waals surface area contributed by atoms with Crippen molar-refractivity contribution in [3.63, 3.8) is 0 Å². The smallest absolute Gasteiger partial charge is 0.253 e. The first-order chi connectivity index (χ1) is 12.7. The van der Waals surface area contributed by atoms with Crippen molar-refractivity contribution >= 4 is 23.2 Å². The molecule has 2 aliphatic heterocycles. The third kappa shape index (κ3) is 4.78. The zero-order chi connectivity index (χ0) is 18.4. The molecule has 1 saturated heterocycles. The van der Waals surface area contributed by atoms with E-state index in [1.165, 1.54) is 12.8 Å². The minimum atomic E-state index is 0.116. The van der Waals surface area contributed by atoms with E-state index in [9.17, 15) is 4.79 Å². The number of nitrogens with one attached hydrogen (secondary N) is 2. The molecule has 5 nitrogen and oxygen atoms in total. The van der Waals surface area contributed by atoms with Crippen molar-refractivity contribution in [2.75, 3.05) is 44.8 Å². The lowest BCUT2D eigenvalue weighted by molar-refractivity contribution is 0.0686. The average Bonchev–Trinajstić information content (AvgIpc) is 2.69. The third-order valence-corrected chi connectivity index (χ3v) is 5.59. The Morgan fingerprint density at radius 3 is 2.85 bits per heavy atom. The van der Waals surface area contributed by atoms with Crippen LogP contribution in [0.5, 0.6) is 0 Å². The van der Waals surface area contributed by atoms with Crippen LogP contribution in [0.4, 0.5) is 5.69 Å². The summed E-state index contributed by atoms with van der Waals surface area (Å²) in [5, 5.41) is 7.15. The Bertz CT molecular complexity index is 641. The lowest BCUT2D eigenvalue weighted by Gasteiger charge is -2.32. The molecule has 0 aliphatic carbocycles. The number of hydrogen-bond donors (Lipinski definition) is 2. The summed E-state index contributed by atoms with van der Waals surface area (Å²) >= 11 is 6.37. The fraction of sp³-hybridized carbons (Fsp3) is 0.550. The second-order valence-electron chi connectivity index (χ2n) is 7.11. The van der Waals surface area contributed by atoms with Crippen molar-refractivity contribution in [1.29, 1.82) is 0 Å². The summed E-state index contributed by atoms with van der Waals surface area (Å²) in [5.41, 5.74) is 1.60. The van der Waals surface area contributed by atoms with E-state index < -0.39 is 0 Å². The Hall–Kier alpha value is -1.56. The molecule has 2 heterocycles. The van der Waals surface area contributed by atoms with E-state index in [1.54, 1.807) is 0 Å². The van der Waals surface area contributed by atoms with E-state index in [4.69, 9.17) is 11.6 Å². The van der Waals surface area contributed by atoms with Crippen LogP contribution in [0.3, 0.4) is 0 Å². The molecule has 142 valence electrons. The van der Waals surface area contributed by atoms with E-state index in [-0.39, 0.29) is 5.91 Å². The largest absolute Gasteiger partial charge is 0.339 e. The highest BCUT2D eigenvalue weighted by atomic mass is 35.5. The first-order valence-electron chi connectivity index (χ1n) is 9.56. The molecule has 0 saturated carbocycles. The zero-order valence-corrected chi connectivity index (χ0v) is 16.3. The van der Waals surface area contributed by atoms with Gasteiger partial charge in [0, 0.05) is 31.4 Å². The van der Waals surface area contributed by atoms with Crippen LogP contribution in [0.25, 0.3) is 0 Å². The molecule has 2 N–H and O–H groups in total. The highest BCUT2D eigenvalue weighted by molar-refractivity contribution is 6.33. The summed E-state index contributed by atoms with van der Waals surface area (Å²) in [5.74, 6) is 0.864. The highest BCUT2D eigenvalue weighted by Gasteiger charge is 2.24. The molecule has 1 aromatic rings. The van der Waals surface area contributed by atoms with Crippen molar-refractivity contribution in [2.24, 2.45) is 5.92 Å². The van der Waals surface area contributed by atoms with Gasteiger partial charge in [0.2, 0.25) is 0 Å². The number of halogens is 1. The van der Waals surface area contributed by atoms with E-state index in [2.05, 4.69) is 10.6 Å². The number of benzene rings is 1. The molecule has 0 spiro atoms. The zero-order valence-electron chi connectivity index (χ0n) is 15.5. The predicted octanol–water partition coefficient (Wildman–Crippen LogP) is 3.07. The summed E-state index contributed by atoms with van der Waals surface area (Å²) in [6.07, 6.45) is 8.74. The van der Waals surface area contributed by atoms with Crippen LogP contribution in [-0.4, -0.2) is 50.7 Å². The Balaban J connectivity index is 1.61. The standard InChI is InChI=1S/C20H29ClN4O/c1-22-9-2-4-16-7-12-24(13-8-16)20(26)17-5-6-18(21)19(14-17)25-11-3-10-23-15-25/h3,5-6,11,14,16,22-23H,2,4,7-10,12-13,15H2,1H3. The summed E-state index contributed by atoms with van der Waals surface area (Å²) in [6.45, 7) is 4.34. The quantitative estimate of drug-likeness (QED) is 0.749. The molecule has 2 aliphatic rings. The van der Waals surface area contributed by atoms with Gasteiger partial charge in [-0.25, -0.2) is 0 Å². The van der Waals surface area contributed by atoms with Gasteiger partial charge < -0.3 is 15.1 Å². The molecule has 1 fully saturated rings.